The van der Waals surface area contributed by atoms with Gasteiger partial charge in [-0.05, 0) is 53.6 Å². The zero-order valence-electron chi connectivity index (χ0n) is 19.6. The van der Waals surface area contributed by atoms with Gasteiger partial charge in [-0.1, -0.05) is 45.0 Å². The third-order valence-electron chi connectivity index (χ3n) is 6.16. The highest BCUT2D eigenvalue weighted by Gasteiger charge is 2.31. The normalized spacial score (nSPS) is 16.1. The van der Waals surface area contributed by atoms with E-state index in [0.717, 1.165) is 46.2 Å². The van der Waals surface area contributed by atoms with Crippen LogP contribution < -0.4 is 4.74 Å². The van der Waals surface area contributed by atoms with Crippen molar-refractivity contribution in [3.8, 4) is 5.75 Å². The lowest BCUT2D eigenvalue weighted by Gasteiger charge is -2.30. The van der Waals surface area contributed by atoms with Gasteiger partial charge in [-0.3, -0.25) is 0 Å². The minimum absolute atomic E-state index is 0.00535. The van der Waals surface area contributed by atoms with E-state index in [4.69, 9.17) is 4.74 Å². The van der Waals surface area contributed by atoms with Gasteiger partial charge in [0.2, 0.25) is 10.0 Å². The number of ether oxygens (including phenoxy) is 1. The molecule has 8 heteroatoms. The van der Waals surface area contributed by atoms with E-state index in [1.165, 1.54) is 0 Å². The molecule has 2 aromatic carbocycles. The summed E-state index contributed by atoms with van der Waals surface area (Å²) in [6.07, 6.45) is 2.26. The quantitative estimate of drug-likeness (QED) is 0.491. The number of hydrogen-bond acceptors (Lipinski definition) is 6. The SMILES string of the molecule is COc1ccc(Cc2nnc(C3CCN(S(=O)(=O)c4ccc(C(C)(C)C)cc4)CC3)s2)cc1. The third kappa shape index (κ3) is 5.45. The van der Waals surface area contributed by atoms with E-state index in [9.17, 15) is 8.42 Å². The molecule has 33 heavy (non-hydrogen) atoms. The number of hydrogen-bond donors (Lipinski definition) is 0. The molecule has 0 spiro atoms. The standard InChI is InChI=1S/C25H31N3O3S2/c1-25(2,3)20-7-11-22(12-8-20)33(29,30)28-15-13-19(14-16-28)24-27-26-23(32-24)17-18-5-9-21(31-4)10-6-18/h5-12,19H,13-17H2,1-4H3. The van der Waals surface area contributed by atoms with Crippen molar-refractivity contribution in [1.82, 2.24) is 14.5 Å². The van der Waals surface area contributed by atoms with Crippen LogP contribution in [0.15, 0.2) is 53.4 Å². The summed E-state index contributed by atoms with van der Waals surface area (Å²) in [5, 5.41) is 10.8. The first-order chi connectivity index (χ1) is 15.7. The van der Waals surface area contributed by atoms with Crippen LogP contribution in [-0.2, 0) is 21.9 Å². The Balaban J connectivity index is 1.37. The van der Waals surface area contributed by atoms with Crippen LogP contribution in [0.5, 0.6) is 5.75 Å². The van der Waals surface area contributed by atoms with Gasteiger partial charge in [0.1, 0.15) is 15.8 Å². The zero-order valence-corrected chi connectivity index (χ0v) is 21.2. The van der Waals surface area contributed by atoms with E-state index >= 15 is 0 Å². The maximum absolute atomic E-state index is 13.1. The second kappa shape index (κ2) is 9.52. The summed E-state index contributed by atoms with van der Waals surface area (Å²) < 4.78 is 33.1. The second-order valence-corrected chi connectivity index (χ2v) is 12.5. The Morgan fingerprint density at radius 2 is 1.64 bits per heavy atom. The number of benzene rings is 2. The van der Waals surface area contributed by atoms with Crippen molar-refractivity contribution in [3.05, 3.63) is 69.7 Å². The fourth-order valence-corrected chi connectivity index (χ4v) is 6.56. The van der Waals surface area contributed by atoms with Crippen molar-refractivity contribution in [1.29, 1.82) is 0 Å². The fraction of sp³-hybridized carbons (Fsp3) is 0.440. The molecule has 0 unspecified atom stereocenters. The molecular weight excluding hydrogens is 454 g/mol. The van der Waals surface area contributed by atoms with Gasteiger partial charge in [-0.15, -0.1) is 21.5 Å². The fourth-order valence-electron chi connectivity index (χ4n) is 4.04. The Morgan fingerprint density at radius 1 is 1.00 bits per heavy atom. The van der Waals surface area contributed by atoms with Crippen molar-refractivity contribution in [2.24, 2.45) is 0 Å². The van der Waals surface area contributed by atoms with Crippen molar-refractivity contribution in [2.45, 2.75) is 56.3 Å². The number of methoxy groups -OCH3 is 1. The summed E-state index contributed by atoms with van der Waals surface area (Å²) in [7, 11) is -1.82. The summed E-state index contributed by atoms with van der Waals surface area (Å²) in [4.78, 5) is 0.367. The lowest BCUT2D eigenvalue weighted by Crippen LogP contribution is -2.37. The van der Waals surface area contributed by atoms with Gasteiger partial charge in [0, 0.05) is 25.4 Å². The Bertz CT molecular complexity index is 1170. The van der Waals surface area contributed by atoms with Crippen molar-refractivity contribution in [3.63, 3.8) is 0 Å². The van der Waals surface area contributed by atoms with E-state index in [1.54, 1.807) is 34.9 Å². The molecule has 2 heterocycles. The molecule has 3 aromatic rings. The van der Waals surface area contributed by atoms with Gasteiger partial charge in [-0.25, -0.2) is 8.42 Å². The molecule has 0 amide bonds. The second-order valence-electron chi connectivity index (χ2n) is 9.51. The van der Waals surface area contributed by atoms with Crippen molar-refractivity contribution < 1.29 is 13.2 Å². The molecule has 0 bridgehead atoms. The first kappa shape index (κ1) is 23.9. The Hall–Kier alpha value is -2.29. The Kier molecular flexibility index (Phi) is 6.88. The minimum atomic E-state index is -3.48. The molecule has 1 aliphatic rings. The molecule has 1 fully saturated rings. The number of aromatic nitrogens is 2. The lowest BCUT2D eigenvalue weighted by atomic mass is 9.87. The summed E-state index contributed by atoms with van der Waals surface area (Å²) in [5.41, 5.74) is 2.29. The van der Waals surface area contributed by atoms with Gasteiger partial charge < -0.3 is 4.74 Å². The van der Waals surface area contributed by atoms with Crippen LogP contribution in [0.2, 0.25) is 0 Å². The van der Waals surface area contributed by atoms with Crippen LogP contribution in [0.1, 0.15) is 60.7 Å². The topological polar surface area (TPSA) is 72.4 Å². The van der Waals surface area contributed by atoms with Crippen molar-refractivity contribution in [2.75, 3.05) is 20.2 Å². The molecule has 0 atom stereocenters. The Morgan fingerprint density at radius 3 is 2.21 bits per heavy atom. The number of nitrogens with zero attached hydrogens (tertiary/aromatic N) is 3. The molecule has 1 saturated heterocycles. The molecule has 0 saturated carbocycles. The molecule has 4 rings (SSSR count). The summed E-state index contributed by atoms with van der Waals surface area (Å²) in [5.74, 6) is 1.09. The van der Waals surface area contributed by atoms with E-state index in [1.807, 2.05) is 36.4 Å². The van der Waals surface area contributed by atoms with E-state index < -0.39 is 10.0 Å². The Labute approximate surface area is 200 Å². The number of rotatable bonds is 6. The lowest BCUT2D eigenvalue weighted by molar-refractivity contribution is 0.318. The molecule has 6 nitrogen and oxygen atoms in total. The monoisotopic (exact) mass is 485 g/mol. The highest BCUT2D eigenvalue weighted by atomic mass is 32.2. The first-order valence-electron chi connectivity index (χ1n) is 11.2. The molecule has 1 aliphatic heterocycles. The number of sulfonamides is 1. The highest BCUT2D eigenvalue weighted by Crippen LogP contribution is 2.33. The van der Waals surface area contributed by atoms with E-state index in [0.29, 0.717) is 18.0 Å². The van der Waals surface area contributed by atoms with Crippen LogP contribution in [0.25, 0.3) is 0 Å². The molecule has 176 valence electrons. The van der Waals surface area contributed by atoms with Crippen molar-refractivity contribution >= 4 is 21.4 Å². The van der Waals surface area contributed by atoms with Crippen LogP contribution in [0.4, 0.5) is 0 Å². The predicted octanol–water partition coefficient (Wildman–Crippen LogP) is 5.00. The molecule has 0 radical (unpaired) electrons. The van der Waals surface area contributed by atoms with Gasteiger partial charge in [0.15, 0.2) is 0 Å². The van der Waals surface area contributed by atoms with Crippen LogP contribution >= 0.6 is 11.3 Å². The zero-order chi connectivity index (χ0) is 23.6. The largest absolute Gasteiger partial charge is 0.497 e. The smallest absolute Gasteiger partial charge is 0.243 e. The van der Waals surface area contributed by atoms with Gasteiger partial charge >= 0.3 is 0 Å². The highest BCUT2D eigenvalue weighted by molar-refractivity contribution is 7.89. The average Bonchev–Trinajstić information content (AvgIpc) is 3.27. The minimum Gasteiger partial charge on any atom is -0.497 e. The maximum Gasteiger partial charge on any atom is 0.243 e. The average molecular weight is 486 g/mol. The number of piperidine rings is 1. The van der Waals surface area contributed by atoms with Gasteiger partial charge in [0.05, 0.1) is 12.0 Å². The van der Waals surface area contributed by atoms with Crippen LogP contribution in [-0.4, -0.2) is 43.1 Å². The van der Waals surface area contributed by atoms with Crippen LogP contribution in [0, 0.1) is 0 Å². The summed E-state index contributed by atoms with van der Waals surface area (Å²) >= 11 is 1.63. The maximum atomic E-state index is 13.1. The summed E-state index contributed by atoms with van der Waals surface area (Å²) in [6.45, 7) is 7.37. The van der Waals surface area contributed by atoms with E-state index in [2.05, 4.69) is 31.0 Å². The van der Waals surface area contributed by atoms with Crippen LogP contribution in [0.3, 0.4) is 0 Å². The molecule has 1 aromatic heterocycles. The summed E-state index contributed by atoms with van der Waals surface area (Å²) in [6, 6.07) is 15.3. The molecule has 0 N–H and O–H groups in total. The third-order valence-corrected chi connectivity index (χ3v) is 9.16. The predicted molar refractivity (Wildman–Crippen MR) is 132 cm³/mol. The van der Waals surface area contributed by atoms with Gasteiger partial charge in [0.25, 0.3) is 0 Å². The van der Waals surface area contributed by atoms with Gasteiger partial charge in [-0.2, -0.15) is 4.31 Å². The first-order valence-corrected chi connectivity index (χ1v) is 13.5. The molecular formula is C25H31N3O3S2. The van der Waals surface area contributed by atoms with E-state index in [-0.39, 0.29) is 11.3 Å². The molecule has 0 aliphatic carbocycles.